The van der Waals surface area contributed by atoms with Crippen molar-refractivity contribution in [2.45, 2.75) is 42.2 Å². The highest BCUT2D eigenvalue weighted by Crippen LogP contribution is 2.39. The maximum Gasteiger partial charge on any atom is 0.0182 e. The van der Waals surface area contributed by atoms with E-state index in [2.05, 4.69) is 41.1 Å². The lowest BCUT2D eigenvalue weighted by Crippen LogP contribution is -2.06. The van der Waals surface area contributed by atoms with E-state index in [0.717, 1.165) is 5.25 Å². The van der Waals surface area contributed by atoms with Gasteiger partial charge in [0, 0.05) is 10.1 Å². The van der Waals surface area contributed by atoms with Crippen LogP contribution in [0.2, 0.25) is 0 Å². The summed E-state index contributed by atoms with van der Waals surface area (Å²) in [5, 5.41) is 0.897. The zero-order chi connectivity index (χ0) is 9.64. The second-order valence-corrected chi connectivity index (χ2v) is 6.33. The molecule has 0 nitrogen and oxygen atoms in total. The highest BCUT2D eigenvalue weighted by atomic mass is 33.1. The fraction of sp³-hybridized carbons (Fsp3) is 0.500. The van der Waals surface area contributed by atoms with E-state index in [1.54, 1.807) is 0 Å². The quantitative estimate of drug-likeness (QED) is 0.679. The van der Waals surface area contributed by atoms with E-state index in [1.165, 1.54) is 37.0 Å². The van der Waals surface area contributed by atoms with Crippen molar-refractivity contribution >= 4 is 21.6 Å². The highest BCUT2D eigenvalue weighted by molar-refractivity contribution is 8.76. The van der Waals surface area contributed by atoms with Crippen LogP contribution in [0.15, 0.2) is 35.2 Å². The van der Waals surface area contributed by atoms with Gasteiger partial charge in [0.1, 0.15) is 0 Å². The fourth-order valence-corrected chi connectivity index (χ4v) is 4.45. The molecular weight excluding hydrogens is 208 g/mol. The van der Waals surface area contributed by atoms with Gasteiger partial charge in [-0.05, 0) is 25.0 Å². The summed E-state index contributed by atoms with van der Waals surface area (Å²) < 4.78 is 0. The molecule has 0 aromatic heterocycles. The van der Waals surface area contributed by atoms with Crippen LogP contribution in [0.25, 0.3) is 0 Å². The zero-order valence-corrected chi connectivity index (χ0v) is 9.95. The standard InChI is InChI=1S/C12H16S2/c1-3-7-11(8-4-1)13-14-12-9-5-2-6-10-12/h1,3-4,7-8,12H,2,5-6,9-10H2. The molecule has 0 radical (unpaired) electrons. The van der Waals surface area contributed by atoms with Gasteiger partial charge in [0.05, 0.1) is 0 Å². The maximum absolute atomic E-state index is 2.19. The van der Waals surface area contributed by atoms with E-state index in [1.807, 2.05) is 10.8 Å². The van der Waals surface area contributed by atoms with Gasteiger partial charge in [-0.15, -0.1) is 0 Å². The van der Waals surface area contributed by atoms with Crippen molar-refractivity contribution < 1.29 is 0 Å². The first-order valence-corrected chi connectivity index (χ1v) is 7.55. The first-order valence-electron chi connectivity index (χ1n) is 5.33. The second kappa shape index (κ2) is 5.72. The number of hydrogen-bond acceptors (Lipinski definition) is 2. The van der Waals surface area contributed by atoms with Crippen LogP contribution in [0.5, 0.6) is 0 Å². The molecule has 14 heavy (non-hydrogen) atoms. The molecule has 0 N–H and O–H groups in total. The Morgan fingerprint density at radius 3 is 2.36 bits per heavy atom. The van der Waals surface area contributed by atoms with Crippen LogP contribution < -0.4 is 0 Å². The Hall–Kier alpha value is -0.0800. The van der Waals surface area contributed by atoms with Crippen molar-refractivity contribution in [3.63, 3.8) is 0 Å². The third kappa shape index (κ3) is 3.25. The topological polar surface area (TPSA) is 0 Å². The summed E-state index contributed by atoms with van der Waals surface area (Å²) in [6.07, 6.45) is 7.17. The predicted molar refractivity (Wildman–Crippen MR) is 66.8 cm³/mol. The van der Waals surface area contributed by atoms with E-state index in [0.29, 0.717) is 0 Å². The van der Waals surface area contributed by atoms with E-state index >= 15 is 0 Å². The minimum absolute atomic E-state index is 0.897. The molecule has 1 saturated carbocycles. The molecule has 0 amide bonds. The van der Waals surface area contributed by atoms with E-state index in [9.17, 15) is 0 Å². The Bertz CT molecular complexity index is 252. The summed E-state index contributed by atoms with van der Waals surface area (Å²) in [5.41, 5.74) is 0. The van der Waals surface area contributed by atoms with Crippen molar-refractivity contribution in [3.8, 4) is 0 Å². The minimum Gasteiger partial charge on any atom is -0.0855 e. The molecule has 2 rings (SSSR count). The molecule has 1 aliphatic rings. The lowest BCUT2D eigenvalue weighted by Gasteiger charge is -2.19. The number of rotatable bonds is 3. The molecule has 1 aromatic rings. The van der Waals surface area contributed by atoms with E-state index < -0.39 is 0 Å². The third-order valence-corrected chi connectivity index (χ3v) is 5.56. The summed E-state index contributed by atoms with van der Waals surface area (Å²) in [5.74, 6) is 0. The molecule has 0 atom stereocenters. The minimum atomic E-state index is 0.897. The van der Waals surface area contributed by atoms with Gasteiger partial charge < -0.3 is 0 Å². The lowest BCUT2D eigenvalue weighted by atomic mass is 10.0. The summed E-state index contributed by atoms with van der Waals surface area (Å²) in [6.45, 7) is 0. The van der Waals surface area contributed by atoms with Gasteiger partial charge >= 0.3 is 0 Å². The molecule has 2 heteroatoms. The van der Waals surface area contributed by atoms with E-state index in [4.69, 9.17) is 0 Å². The number of benzene rings is 1. The summed E-state index contributed by atoms with van der Waals surface area (Å²) in [4.78, 5) is 1.39. The Balaban J connectivity index is 1.76. The summed E-state index contributed by atoms with van der Waals surface area (Å²) in [7, 11) is 4.01. The molecule has 1 aromatic carbocycles. The van der Waals surface area contributed by atoms with Crippen LogP contribution in [0, 0.1) is 0 Å². The van der Waals surface area contributed by atoms with Gasteiger partial charge in [0.25, 0.3) is 0 Å². The molecule has 0 unspecified atom stereocenters. The van der Waals surface area contributed by atoms with Crippen molar-refractivity contribution in [2.75, 3.05) is 0 Å². The smallest absolute Gasteiger partial charge is 0.0182 e. The molecular formula is C12H16S2. The van der Waals surface area contributed by atoms with Gasteiger partial charge in [0.2, 0.25) is 0 Å². The molecule has 0 bridgehead atoms. The Morgan fingerprint density at radius 2 is 1.64 bits per heavy atom. The summed E-state index contributed by atoms with van der Waals surface area (Å²) in [6, 6.07) is 10.7. The summed E-state index contributed by atoms with van der Waals surface area (Å²) >= 11 is 0. The van der Waals surface area contributed by atoms with Crippen LogP contribution in [0.1, 0.15) is 32.1 Å². The zero-order valence-electron chi connectivity index (χ0n) is 8.32. The molecule has 0 heterocycles. The SMILES string of the molecule is c1ccc(SSC2CCCCC2)cc1. The Kier molecular flexibility index (Phi) is 4.26. The van der Waals surface area contributed by atoms with Crippen molar-refractivity contribution in [1.82, 2.24) is 0 Å². The maximum atomic E-state index is 2.19. The van der Waals surface area contributed by atoms with Gasteiger partial charge in [-0.2, -0.15) is 0 Å². The van der Waals surface area contributed by atoms with E-state index in [-0.39, 0.29) is 0 Å². The molecule has 1 aliphatic carbocycles. The monoisotopic (exact) mass is 224 g/mol. The van der Waals surface area contributed by atoms with Gasteiger partial charge in [-0.1, -0.05) is 59.0 Å². The fourth-order valence-electron chi connectivity index (χ4n) is 1.76. The van der Waals surface area contributed by atoms with Crippen LogP contribution in [-0.4, -0.2) is 5.25 Å². The van der Waals surface area contributed by atoms with Gasteiger partial charge in [-0.3, -0.25) is 0 Å². The second-order valence-electron chi connectivity index (χ2n) is 3.75. The van der Waals surface area contributed by atoms with Crippen molar-refractivity contribution in [2.24, 2.45) is 0 Å². The van der Waals surface area contributed by atoms with Crippen LogP contribution in [-0.2, 0) is 0 Å². The third-order valence-electron chi connectivity index (χ3n) is 2.58. The number of hydrogen-bond donors (Lipinski definition) is 0. The first kappa shape index (κ1) is 10.4. The average molecular weight is 224 g/mol. The molecule has 0 aliphatic heterocycles. The molecule has 0 saturated heterocycles. The van der Waals surface area contributed by atoms with Crippen LogP contribution >= 0.6 is 21.6 Å². The van der Waals surface area contributed by atoms with Crippen molar-refractivity contribution in [3.05, 3.63) is 30.3 Å². The lowest BCUT2D eigenvalue weighted by molar-refractivity contribution is 0.517. The van der Waals surface area contributed by atoms with Gasteiger partial charge in [-0.25, -0.2) is 0 Å². The molecule has 0 spiro atoms. The molecule has 76 valence electrons. The largest absolute Gasteiger partial charge is 0.0855 e. The van der Waals surface area contributed by atoms with Crippen molar-refractivity contribution in [1.29, 1.82) is 0 Å². The Labute approximate surface area is 94.3 Å². The highest BCUT2D eigenvalue weighted by Gasteiger charge is 2.13. The predicted octanol–water partition coefficient (Wildman–Crippen LogP) is 4.76. The first-order chi connectivity index (χ1) is 6.95. The Morgan fingerprint density at radius 1 is 0.929 bits per heavy atom. The normalized spacial score (nSPS) is 18.3. The average Bonchev–Trinajstić information content (AvgIpc) is 2.29. The van der Waals surface area contributed by atoms with Gasteiger partial charge in [0.15, 0.2) is 0 Å². The molecule has 1 fully saturated rings. The van der Waals surface area contributed by atoms with Crippen LogP contribution in [0.3, 0.4) is 0 Å². The van der Waals surface area contributed by atoms with Crippen LogP contribution in [0.4, 0.5) is 0 Å².